The molecule has 0 bridgehead atoms. The monoisotopic (exact) mass is 361 g/mol. The Balaban J connectivity index is 1.56. The molecule has 1 aromatic carbocycles. The molecule has 2 aromatic rings. The number of oxazole rings is 1. The van der Waals surface area contributed by atoms with Gasteiger partial charge in [0.1, 0.15) is 17.8 Å². The van der Waals surface area contributed by atoms with Crippen LogP contribution in [0.5, 0.6) is 5.75 Å². The fourth-order valence-electron chi connectivity index (χ4n) is 3.16. The highest BCUT2D eigenvalue weighted by Gasteiger charge is 2.25. The average molecular weight is 361 g/mol. The lowest BCUT2D eigenvalue weighted by molar-refractivity contribution is 0.0733. The van der Waals surface area contributed by atoms with Gasteiger partial charge in [-0.3, -0.25) is 4.79 Å². The van der Waals surface area contributed by atoms with Gasteiger partial charge in [0.25, 0.3) is 5.91 Å². The second-order valence-corrected chi connectivity index (χ2v) is 6.63. The van der Waals surface area contributed by atoms with E-state index in [1.165, 1.54) is 30.5 Å². The molecular weight excluding hydrogens is 337 g/mol. The molecule has 1 aliphatic heterocycles. The molecule has 0 saturated carbocycles. The van der Waals surface area contributed by atoms with E-state index in [-0.39, 0.29) is 24.0 Å². The minimum Gasteiger partial charge on any atom is -0.484 e. The maximum absolute atomic E-state index is 12.9. The van der Waals surface area contributed by atoms with Gasteiger partial charge in [0, 0.05) is 19.6 Å². The third kappa shape index (κ3) is 4.60. The van der Waals surface area contributed by atoms with Gasteiger partial charge in [-0.2, -0.15) is 0 Å². The van der Waals surface area contributed by atoms with Crippen molar-refractivity contribution < 1.29 is 18.3 Å². The molecule has 1 atom stereocenters. The Morgan fingerprint density at radius 3 is 2.85 bits per heavy atom. The summed E-state index contributed by atoms with van der Waals surface area (Å²) in [5, 5.41) is 0. The second kappa shape index (κ2) is 8.31. The fraction of sp³-hybridized carbons (Fsp3) is 0.474. The molecule has 140 valence electrons. The van der Waals surface area contributed by atoms with Gasteiger partial charge in [-0.15, -0.1) is 0 Å². The molecule has 0 unspecified atom stereocenters. The van der Waals surface area contributed by atoms with Crippen molar-refractivity contribution in [2.75, 3.05) is 33.2 Å². The van der Waals surface area contributed by atoms with E-state index >= 15 is 0 Å². The zero-order valence-corrected chi connectivity index (χ0v) is 15.2. The van der Waals surface area contributed by atoms with Crippen LogP contribution in [0.3, 0.4) is 0 Å². The fourth-order valence-corrected chi connectivity index (χ4v) is 3.16. The molecule has 7 heteroatoms. The van der Waals surface area contributed by atoms with E-state index in [2.05, 4.69) is 16.9 Å². The number of benzene rings is 1. The van der Waals surface area contributed by atoms with Crippen molar-refractivity contribution in [2.24, 2.45) is 5.92 Å². The van der Waals surface area contributed by atoms with Gasteiger partial charge in [-0.25, -0.2) is 9.37 Å². The van der Waals surface area contributed by atoms with Crippen molar-refractivity contribution in [1.82, 2.24) is 14.8 Å². The summed E-state index contributed by atoms with van der Waals surface area (Å²) in [6, 6.07) is 5.70. The molecule has 1 amide bonds. The van der Waals surface area contributed by atoms with Crippen LogP contribution in [0, 0.1) is 11.7 Å². The molecule has 0 radical (unpaired) electrons. The Kier molecular flexibility index (Phi) is 5.88. The van der Waals surface area contributed by atoms with Gasteiger partial charge in [0.2, 0.25) is 5.89 Å². The number of carbonyl (C=O) groups excluding carboxylic acids is 1. The van der Waals surface area contributed by atoms with Crippen LogP contribution >= 0.6 is 0 Å². The number of hydrogen-bond acceptors (Lipinski definition) is 5. The molecule has 1 saturated heterocycles. The first kappa shape index (κ1) is 18.4. The highest BCUT2D eigenvalue weighted by atomic mass is 19.1. The summed E-state index contributed by atoms with van der Waals surface area (Å²) in [6.45, 7) is 5.50. The Morgan fingerprint density at radius 1 is 1.42 bits per heavy atom. The van der Waals surface area contributed by atoms with E-state index in [0.717, 1.165) is 26.1 Å². The highest BCUT2D eigenvalue weighted by molar-refractivity contribution is 5.92. The molecule has 6 nitrogen and oxygen atoms in total. The Morgan fingerprint density at radius 2 is 2.19 bits per heavy atom. The van der Waals surface area contributed by atoms with E-state index in [9.17, 15) is 9.18 Å². The quantitative estimate of drug-likeness (QED) is 0.759. The molecule has 1 aliphatic rings. The van der Waals surface area contributed by atoms with Crippen molar-refractivity contribution in [3.63, 3.8) is 0 Å². The van der Waals surface area contributed by atoms with E-state index < -0.39 is 0 Å². The second-order valence-electron chi connectivity index (χ2n) is 6.63. The van der Waals surface area contributed by atoms with Gasteiger partial charge < -0.3 is 19.0 Å². The molecule has 0 N–H and O–H groups in total. The van der Waals surface area contributed by atoms with Crippen LogP contribution in [0.2, 0.25) is 0 Å². The first-order valence-electron chi connectivity index (χ1n) is 8.85. The number of hydrogen-bond donors (Lipinski definition) is 0. The Hall–Kier alpha value is -2.41. The van der Waals surface area contributed by atoms with E-state index in [1.807, 2.05) is 11.8 Å². The predicted molar refractivity (Wildman–Crippen MR) is 94.4 cm³/mol. The Labute approximate surface area is 152 Å². The summed E-state index contributed by atoms with van der Waals surface area (Å²) in [5.41, 5.74) is 0.288. The first-order valence-corrected chi connectivity index (χ1v) is 8.85. The summed E-state index contributed by atoms with van der Waals surface area (Å²) < 4.78 is 23.7. The molecule has 26 heavy (non-hydrogen) atoms. The summed E-state index contributed by atoms with van der Waals surface area (Å²) >= 11 is 0. The van der Waals surface area contributed by atoms with Crippen LogP contribution in [0.4, 0.5) is 4.39 Å². The van der Waals surface area contributed by atoms with Crippen molar-refractivity contribution in [3.05, 3.63) is 47.9 Å². The summed E-state index contributed by atoms with van der Waals surface area (Å²) in [6.07, 6.45) is 2.48. The van der Waals surface area contributed by atoms with Crippen LogP contribution in [-0.4, -0.2) is 53.9 Å². The van der Waals surface area contributed by atoms with Gasteiger partial charge in [0.05, 0.1) is 0 Å². The standard InChI is InChI=1S/C19H24FN3O3/c1-3-23(11-14-8-9-22(2)10-14)19(24)17-12-26-18(21-17)13-25-16-6-4-15(20)5-7-16/h4-7,12,14H,3,8-11,13H2,1-2H3/t14-/m0/s1. The van der Waals surface area contributed by atoms with Gasteiger partial charge in [-0.05, 0) is 57.1 Å². The molecule has 1 fully saturated rings. The number of amides is 1. The van der Waals surface area contributed by atoms with E-state index in [4.69, 9.17) is 9.15 Å². The number of nitrogens with zero attached hydrogens (tertiary/aromatic N) is 3. The third-order valence-electron chi connectivity index (χ3n) is 4.58. The maximum atomic E-state index is 12.9. The molecular formula is C19H24FN3O3. The zero-order chi connectivity index (χ0) is 18.5. The van der Waals surface area contributed by atoms with E-state index in [1.54, 1.807) is 0 Å². The minimum absolute atomic E-state index is 0.0818. The number of aromatic nitrogens is 1. The number of carbonyl (C=O) groups is 1. The lowest BCUT2D eigenvalue weighted by Gasteiger charge is -2.23. The molecule has 0 spiro atoms. The summed E-state index contributed by atoms with van der Waals surface area (Å²) in [5.74, 6) is 0.873. The highest BCUT2D eigenvalue weighted by Crippen LogP contribution is 2.18. The molecule has 2 heterocycles. The Bertz CT molecular complexity index is 732. The van der Waals surface area contributed by atoms with E-state index in [0.29, 0.717) is 24.1 Å². The van der Waals surface area contributed by atoms with Gasteiger partial charge in [0.15, 0.2) is 12.3 Å². The third-order valence-corrected chi connectivity index (χ3v) is 4.58. The molecule has 3 rings (SSSR count). The van der Waals surface area contributed by atoms with Crippen molar-refractivity contribution >= 4 is 5.91 Å². The molecule has 0 aliphatic carbocycles. The normalized spacial score (nSPS) is 17.4. The smallest absolute Gasteiger partial charge is 0.275 e. The van der Waals surface area contributed by atoms with Crippen LogP contribution in [-0.2, 0) is 6.61 Å². The number of halogens is 1. The number of rotatable bonds is 7. The number of likely N-dealkylation sites (tertiary alicyclic amines) is 1. The zero-order valence-electron chi connectivity index (χ0n) is 15.2. The average Bonchev–Trinajstić information content (AvgIpc) is 3.27. The van der Waals surface area contributed by atoms with Crippen LogP contribution < -0.4 is 4.74 Å². The van der Waals surface area contributed by atoms with Crippen LogP contribution in [0.15, 0.2) is 34.9 Å². The van der Waals surface area contributed by atoms with Crippen LogP contribution in [0.1, 0.15) is 29.7 Å². The first-order chi connectivity index (χ1) is 12.5. The molecule has 1 aromatic heterocycles. The van der Waals surface area contributed by atoms with Crippen molar-refractivity contribution in [2.45, 2.75) is 20.0 Å². The lowest BCUT2D eigenvalue weighted by Crippen LogP contribution is -2.36. The van der Waals surface area contributed by atoms with Crippen molar-refractivity contribution in [1.29, 1.82) is 0 Å². The number of ether oxygens (including phenoxy) is 1. The largest absolute Gasteiger partial charge is 0.484 e. The SMILES string of the molecule is CCN(C[C@H]1CCN(C)C1)C(=O)c1coc(COc2ccc(F)cc2)n1. The van der Waals surface area contributed by atoms with Gasteiger partial charge in [-0.1, -0.05) is 0 Å². The van der Waals surface area contributed by atoms with Gasteiger partial charge >= 0.3 is 0 Å². The summed E-state index contributed by atoms with van der Waals surface area (Å²) in [7, 11) is 2.10. The minimum atomic E-state index is -0.325. The maximum Gasteiger partial charge on any atom is 0.275 e. The van der Waals surface area contributed by atoms with Crippen LogP contribution in [0.25, 0.3) is 0 Å². The van der Waals surface area contributed by atoms with Crippen molar-refractivity contribution in [3.8, 4) is 5.75 Å². The summed E-state index contributed by atoms with van der Waals surface area (Å²) in [4.78, 5) is 21.0. The topological polar surface area (TPSA) is 58.8 Å². The predicted octanol–water partition coefficient (Wildman–Crippen LogP) is 2.81. The lowest BCUT2D eigenvalue weighted by atomic mass is 10.1.